The Balaban J connectivity index is 1.90. The van der Waals surface area contributed by atoms with E-state index in [-0.39, 0.29) is 11.4 Å². The van der Waals surface area contributed by atoms with E-state index in [0.29, 0.717) is 11.3 Å². The summed E-state index contributed by atoms with van der Waals surface area (Å²) in [7, 11) is 0. The van der Waals surface area contributed by atoms with Crippen molar-refractivity contribution in [2.24, 2.45) is 0 Å². The van der Waals surface area contributed by atoms with Gasteiger partial charge in [0.25, 0.3) is 5.91 Å². The third-order valence-corrected chi connectivity index (χ3v) is 5.26. The highest BCUT2D eigenvalue weighted by Crippen LogP contribution is 2.41. The number of amides is 1. The van der Waals surface area contributed by atoms with Crippen molar-refractivity contribution in [2.75, 3.05) is 0 Å². The first-order valence-corrected chi connectivity index (χ1v) is 7.96. The first-order chi connectivity index (χ1) is 10.0. The lowest BCUT2D eigenvalue weighted by Gasteiger charge is -2.43. The maximum Gasteiger partial charge on any atom is 0.256 e. The molecule has 0 radical (unpaired) electrons. The van der Waals surface area contributed by atoms with Crippen molar-refractivity contribution >= 4 is 21.8 Å². The number of nitrogens with one attached hydrogen (secondary N) is 1. The Labute approximate surface area is 132 Å². The van der Waals surface area contributed by atoms with Gasteiger partial charge in [-0.3, -0.25) is 4.79 Å². The fraction of sp³-hybridized carbons (Fsp3) is 0.353. The molecule has 0 bridgehead atoms. The molecule has 1 aliphatic rings. The Hall–Kier alpha value is -1.55. The average Bonchev–Trinajstić information content (AvgIpc) is 2.68. The monoisotopic (exact) mass is 347 g/mol. The molecule has 1 aliphatic carbocycles. The molecule has 0 unspecified atom stereocenters. The van der Waals surface area contributed by atoms with E-state index in [2.05, 4.69) is 33.4 Å². The highest BCUT2D eigenvalue weighted by molar-refractivity contribution is 9.10. The zero-order chi connectivity index (χ0) is 15.0. The van der Waals surface area contributed by atoms with E-state index >= 15 is 0 Å². The summed E-state index contributed by atoms with van der Waals surface area (Å²) in [6.07, 6.45) is 3.10. The van der Waals surface area contributed by atoms with E-state index in [1.54, 1.807) is 0 Å². The molecule has 1 saturated carbocycles. The molecule has 0 atom stereocenters. The van der Waals surface area contributed by atoms with Crippen LogP contribution in [-0.2, 0) is 5.54 Å². The van der Waals surface area contributed by atoms with E-state index in [1.807, 2.05) is 32.0 Å². The fourth-order valence-corrected chi connectivity index (χ4v) is 3.51. The van der Waals surface area contributed by atoms with E-state index in [0.717, 1.165) is 29.5 Å². The molecule has 1 N–H and O–H groups in total. The van der Waals surface area contributed by atoms with Crippen LogP contribution in [0.3, 0.4) is 0 Å². The molecule has 2 aromatic rings. The SMILES string of the molecule is Cc1oc(C)c(C(=O)NC2(c3ccccc3)CCC2)c1Br. The van der Waals surface area contributed by atoms with Crippen molar-refractivity contribution in [2.45, 2.75) is 38.6 Å². The Morgan fingerprint density at radius 1 is 1.19 bits per heavy atom. The molecule has 0 spiro atoms. The lowest BCUT2D eigenvalue weighted by Crippen LogP contribution is -2.50. The van der Waals surface area contributed by atoms with Gasteiger partial charge in [-0.1, -0.05) is 30.3 Å². The van der Waals surface area contributed by atoms with E-state index in [9.17, 15) is 4.79 Å². The first kappa shape index (κ1) is 14.4. The Kier molecular flexibility index (Phi) is 3.66. The van der Waals surface area contributed by atoms with E-state index in [4.69, 9.17) is 4.42 Å². The van der Waals surface area contributed by atoms with Crippen LogP contribution in [-0.4, -0.2) is 5.91 Å². The zero-order valence-corrected chi connectivity index (χ0v) is 13.8. The average molecular weight is 348 g/mol. The van der Waals surface area contributed by atoms with Gasteiger partial charge in [0.2, 0.25) is 0 Å². The molecule has 4 heteroatoms. The Morgan fingerprint density at radius 2 is 1.86 bits per heavy atom. The van der Waals surface area contributed by atoms with Crippen LogP contribution < -0.4 is 5.32 Å². The van der Waals surface area contributed by atoms with Crippen molar-refractivity contribution in [1.82, 2.24) is 5.32 Å². The number of halogens is 1. The van der Waals surface area contributed by atoms with Crippen molar-refractivity contribution in [3.63, 3.8) is 0 Å². The fourth-order valence-electron chi connectivity index (χ4n) is 2.97. The molecule has 3 nitrogen and oxygen atoms in total. The smallest absolute Gasteiger partial charge is 0.256 e. The van der Waals surface area contributed by atoms with Crippen molar-refractivity contribution in [3.8, 4) is 0 Å². The first-order valence-electron chi connectivity index (χ1n) is 7.17. The van der Waals surface area contributed by atoms with Crippen LogP contribution in [0, 0.1) is 13.8 Å². The highest BCUT2D eigenvalue weighted by Gasteiger charge is 2.40. The highest BCUT2D eigenvalue weighted by atomic mass is 79.9. The predicted molar refractivity (Wildman–Crippen MR) is 85.3 cm³/mol. The van der Waals surface area contributed by atoms with Crippen LogP contribution in [0.2, 0.25) is 0 Å². The van der Waals surface area contributed by atoms with Gasteiger partial charge in [0.1, 0.15) is 11.5 Å². The second kappa shape index (κ2) is 5.34. The van der Waals surface area contributed by atoms with E-state index in [1.165, 1.54) is 5.56 Å². The molecule has 1 aromatic carbocycles. The lowest BCUT2D eigenvalue weighted by atomic mass is 9.71. The number of hydrogen-bond donors (Lipinski definition) is 1. The van der Waals surface area contributed by atoms with Crippen molar-refractivity contribution in [3.05, 3.63) is 57.5 Å². The van der Waals surface area contributed by atoms with Crippen LogP contribution in [0.4, 0.5) is 0 Å². The third kappa shape index (κ3) is 2.42. The van der Waals surface area contributed by atoms with Crippen LogP contribution >= 0.6 is 15.9 Å². The number of hydrogen-bond acceptors (Lipinski definition) is 2. The predicted octanol–water partition coefficient (Wildman–Crippen LogP) is 4.47. The summed E-state index contributed by atoms with van der Waals surface area (Å²) < 4.78 is 6.28. The van der Waals surface area contributed by atoms with E-state index < -0.39 is 0 Å². The molecule has 1 amide bonds. The topological polar surface area (TPSA) is 42.2 Å². The van der Waals surface area contributed by atoms with Crippen LogP contribution in [0.25, 0.3) is 0 Å². The van der Waals surface area contributed by atoms with Gasteiger partial charge in [0, 0.05) is 0 Å². The minimum Gasteiger partial charge on any atom is -0.465 e. The lowest BCUT2D eigenvalue weighted by molar-refractivity contribution is 0.0821. The van der Waals surface area contributed by atoms with Gasteiger partial charge in [0.05, 0.1) is 15.6 Å². The quantitative estimate of drug-likeness (QED) is 0.889. The zero-order valence-electron chi connectivity index (χ0n) is 12.2. The van der Waals surface area contributed by atoms with Crippen LogP contribution in [0.5, 0.6) is 0 Å². The van der Waals surface area contributed by atoms with Gasteiger partial charge in [-0.05, 0) is 54.6 Å². The standard InChI is InChI=1S/C17H18BrNO2/c1-11-14(15(18)12(2)21-11)16(20)19-17(9-6-10-17)13-7-4-3-5-8-13/h3-5,7-8H,6,9-10H2,1-2H3,(H,19,20). The van der Waals surface area contributed by atoms with Gasteiger partial charge in [-0.2, -0.15) is 0 Å². The second-order valence-electron chi connectivity index (χ2n) is 5.66. The maximum atomic E-state index is 12.7. The molecule has 0 saturated heterocycles. The molecule has 3 rings (SSSR count). The van der Waals surface area contributed by atoms with Gasteiger partial charge < -0.3 is 9.73 Å². The molecule has 1 aromatic heterocycles. The van der Waals surface area contributed by atoms with Crippen molar-refractivity contribution in [1.29, 1.82) is 0 Å². The molecule has 1 fully saturated rings. The summed E-state index contributed by atoms with van der Waals surface area (Å²) in [5.74, 6) is 1.32. The summed E-state index contributed by atoms with van der Waals surface area (Å²) in [6.45, 7) is 3.67. The second-order valence-corrected chi connectivity index (χ2v) is 6.45. The van der Waals surface area contributed by atoms with Crippen molar-refractivity contribution < 1.29 is 9.21 Å². The Bertz CT molecular complexity index is 672. The van der Waals surface area contributed by atoms with Gasteiger partial charge in [-0.15, -0.1) is 0 Å². The van der Waals surface area contributed by atoms with Crippen LogP contribution in [0.1, 0.15) is 46.7 Å². The number of furan rings is 1. The number of carbonyl (C=O) groups excluding carboxylic acids is 1. The summed E-state index contributed by atoms with van der Waals surface area (Å²) in [4.78, 5) is 12.7. The number of benzene rings is 1. The summed E-state index contributed by atoms with van der Waals surface area (Å²) >= 11 is 3.45. The number of rotatable bonds is 3. The summed E-state index contributed by atoms with van der Waals surface area (Å²) in [5.41, 5.74) is 1.56. The number of carbonyl (C=O) groups is 1. The molecule has 0 aliphatic heterocycles. The molecule has 110 valence electrons. The summed E-state index contributed by atoms with van der Waals surface area (Å²) in [6, 6.07) is 10.2. The largest absolute Gasteiger partial charge is 0.465 e. The van der Waals surface area contributed by atoms with Gasteiger partial charge in [0.15, 0.2) is 0 Å². The third-order valence-electron chi connectivity index (χ3n) is 4.30. The molecular formula is C17H18BrNO2. The normalized spacial score (nSPS) is 16.3. The maximum absolute atomic E-state index is 12.7. The molecular weight excluding hydrogens is 330 g/mol. The molecule has 1 heterocycles. The Morgan fingerprint density at radius 3 is 2.33 bits per heavy atom. The summed E-state index contributed by atoms with van der Waals surface area (Å²) in [5, 5.41) is 3.23. The minimum atomic E-state index is -0.227. The van der Waals surface area contributed by atoms with Gasteiger partial charge >= 0.3 is 0 Å². The minimum absolute atomic E-state index is 0.0696. The van der Waals surface area contributed by atoms with Crippen LogP contribution in [0.15, 0.2) is 39.2 Å². The van der Waals surface area contributed by atoms with Gasteiger partial charge in [-0.25, -0.2) is 0 Å². The molecule has 21 heavy (non-hydrogen) atoms. The number of aryl methyl sites for hydroxylation is 2.